The van der Waals surface area contributed by atoms with Gasteiger partial charge in [0.05, 0.1) is 10.6 Å². The molecule has 30 heavy (non-hydrogen) atoms. The first kappa shape index (κ1) is 21.4. The Balaban J connectivity index is 1.60. The lowest BCUT2D eigenvalue weighted by Gasteiger charge is -2.12. The molecule has 0 saturated heterocycles. The van der Waals surface area contributed by atoms with Crippen molar-refractivity contribution < 1.29 is 17.9 Å². The van der Waals surface area contributed by atoms with E-state index in [-0.39, 0.29) is 17.4 Å². The highest BCUT2D eigenvalue weighted by Crippen LogP contribution is 2.22. The Kier molecular flexibility index (Phi) is 6.42. The molecule has 7 heteroatoms. The largest absolute Gasteiger partial charge is 0.484 e. The minimum absolute atomic E-state index is 0.111. The number of hydrogen-bond acceptors (Lipinski definition) is 4. The molecule has 0 aliphatic rings. The Labute approximate surface area is 177 Å². The van der Waals surface area contributed by atoms with E-state index in [1.165, 1.54) is 24.3 Å². The number of hydrogen-bond donors (Lipinski definition) is 2. The van der Waals surface area contributed by atoms with Gasteiger partial charge < -0.3 is 10.1 Å². The van der Waals surface area contributed by atoms with Crippen LogP contribution in [-0.2, 0) is 14.8 Å². The summed E-state index contributed by atoms with van der Waals surface area (Å²) in [6.45, 7) is 5.53. The van der Waals surface area contributed by atoms with Crippen molar-refractivity contribution in [3.05, 3.63) is 83.4 Å². The Morgan fingerprint density at radius 3 is 2.17 bits per heavy atom. The van der Waals surface area contributed by atoms with Gasteiger partial charge in [-0.2, -0.15) is 0 Å². The third kappa shape index (κ3) is 5.61. The number of benzene rings is 3. The van der Waals surface area contributed by atoms with Crippen molar-refractivity contribution >= 4 is 27.3 Å². The molecule has 0 spiro atoms. The molecule has 0 aliphatic carbocycles. The normalized spacial score (nSPS) is 11.0. The summed E-state index contributed by atoms with van der Waals surface area (Å²) in [5.74, 6) is 0.104. The summed E-state index contributed by atoms with van der Waals surface area (Å²) in [6, 6.07) is 19.0. The average molecular weight is 425 g/mol. The SMILES string of the molecule is Cc1ccc(NC(=O)COc2ccc(S(=O)(=O)Nc3cc(C)ccc3C)cc2)cc1. The molecule has 0 atom stereocenters. The van der Waals surface area contributed by atoms with Crippen molar-refractivity contribution in [3.8, 4) is 5.75 Å². The molecule has 156 valence electrons. The number of carbonyl (C=O) groups excluding carboxylic acids is 1. The highest BCUT2D eigenvalue weighted by Gasteiger charge is 2.15. The maximum atomic E-state index is 12.7. The van der Waals surface area contributed by atoms with Gasteiger partial charge in [0.2, 0.25) is 0 Å². The predicted octanol–water partition coefficient (Wildman–Crippen LogP) is 4.43. The third-order valence-corrected chi connectivity index (χ3v) is 5.86. The van der Waals surface area contributed by atoms with Gasteiger partial charge in [-0.25, -0.2) is 8.42 Å². The van der Waals surface area contributed by atoms with Crippen LogP contribution in [0.3, 0.4) is 0 Å². The second-order valence-corrected chi connectivity index (χ2v) is 8.78. The summed E-state index contributed by atoms with van der Waals surface area (Å²) in [4.78, 5) is 12.1. The molecule has 0 aliphatic heterocycles. The minimum atomic E-state index is -3.73. The Hall–Kier alpha value is -3.32. The second-order valence-electron chi connectivity index (χ2n) is 7.10. The lowest BCUT2D eigenvalue weighted by Crippen LogP contribution is -2.20. The zero-order chi connectivity index (χ0) is 21.7. The van der Waals surface area contributed by atoms with Crippen LogP contribution in [0.15, 0.2) is 71.6 Å². The van der Waals surface area contributed by atoms with Crippen LogP contribution in [0, 0.1) is 20.8 Å². The van der Waals surface area contributed by atoms with Gasteiger partial charge in [0.15, 0.2) is 6.61 Å². The van der Waals surface area contributed by atoms with Gasteiger partial charge in [-0.05, 0) is 74.4 Å². The van der Waals surface area contributed by atoms with Crippen molar-refractivity contribution in [1.29, 1.82) is 0 Å². The van der Waals surface area contributed by atoms with E-state index in [9.17, 15) is 13.2 Å². The van der Waals surface area contributed by atoms with Gasteiger partial charge in [0.25, 0.3) is 15.9 Å². The quantitative estimate of drug-likeness (QED) is 0.588. The van der Waals surface area contributed by atoms with Crippen LogP contribution in [-0.4, -0.2) is 20.9 Å². The van der Waals surface area contributed by atoms with Gasteiger partial charge >= 0.3 is 0 Å². The van der Waals surface area contributed by atoms with E-state index in [1.54, 1.807) is 6.07 Å². The molecule has 0 heterocycles. The maximum absolute atomic E-state index is 12.7. The molecule has 6 nitrogen and oxygen atoms in total. The molecule has 3 aromatic carbocycles. The predicted molar refractivity (Wildman–Crippen MR) is 118 cm³/mol. The zero-order valence-corrected chi connectivity index (χ0v) is 17.9. The Morgan fingerprint density at radius 1 is 0.867 bits per heavy atom. The van der Waals surface area contributed by atoms with Gasteiger partial charge in [0, 0.05) is 5.69 Å². The number of ether oxygens (including phenoxy) is 1. The number of amides is 1. The van der Waals surface area contributed by atoms with Crippen molar-refractivity contribution in [2.45, 2.75) is 25.7 Å². The molecule has 0 saturated carbocycles. The lowest BCUT2D eigenvalue weighted by molar-refractivity contribution is -0.118. The third-order valence-electron chi connectivity index (χ3n) is 4.48. The van der Waals surface area contributed by atoms with E-state index >= 15 is 0 Å². The molecule has 3 aromatic rings. The fraction of sp³-hybridized carbons (Fsp3) is 0.174. The van der Waals surface area contributed by atoms with E-state index in [4.69, 9.17) is 4.74 Å². The van der Waals surface area contributed by atoms with Crippen molar-refractivity contribution in [1.82, 2.24) is 0 Å². The summed E-state index contributed by atoms with van der Waals surface area (Å²) in [6.07, 6.45) is 0. The molecule has 2 N–H and O–H groups in total. The van der Waals surface area contributed by atoms with Gasteiger partial charge in [0.1, 0.15) is 5.75 Å². The number of anilines is 2. The van der Waals surface area contributed by atoms with E-state index in [0.717, 1.165) is 16.7 Å². The highest BCUT2D eigenvalue weighted by molar-refractivity contribution is 7.92. The topological polar surface area (TPSA) is 84.5 Å². The Bertz CT molecular complexity index is 1140. The standard InChI is InChI=1S/C23H24N2O4S/c1-16-5-8-19(9-6-16)24-23(26)15-29-20-10-12-21(13-11-20)30(27,28)25-22-14-17(2)4-7-18(22)3/h4-14,25H,15H2,1-3H3,(H,24,26). The molecule has 3 rings (SSSR count). The van der Waals surface area contributed by atoms with Crippen LogP contribution in [0.1, 0.15) is 16.7 Å². The van der Waals surface area contributed by atoms with Crippen LogP contribution < -0.4 is 14.8 Å². The van der Waals surface area contributed by atoms with Gasteiger partial charge in [-0.1, -0.05) is 29.8 Å². The second kappa shape index (κ2) is 9.00. The lowest BCUT2D eigenvalue weighted by atomic mass is 10.1. The van der Waals surface area contributed by atoms with E-state index < -0.39 is 10.0 Å². The molecule has 0 fully saturated rings. The minimum Gasteiger partial charge on any atom is -0.484 e. The molecular weight excluding hydrogens is 400 g/mol. The summed E-state index contributed by atoms with van der Waals surface area (Å²) in [7, 11) is -3.73. The first-order valence-corrected chi connectivity index (χ1v) is 10.9. The molecule has 0 radical (unpaired) electrons. The van der Waals surface area contributed by atoms with Crippen molar-refractivity contribution in [3.63, 3.8) is 0 Å². The maximum Gasteiger partial charge on any atom is 0.262 e. The first-order chi connectivity index (χ1) is 14.2. The van der Waals surface area contributed by atoms with Crippen molar-refractivity contribution in [2.75, 3.05) is 16.6 Å². The fourth-order valence-corrected chi connectivity index (χ4v) is 3.87. The molecule has 0 aromatic heterocycles. The highest BCUT2D eigenvalue weighted by atomic mass is 32.2. The van der Waals surface area contributed by atoms with Crippen LogP contribution in [0.5, 0.6) is 5.75 Å². The number of carbonyl (C=O) groups is 1. The number of rotatable bonds is 7. The van der Waals surface area contributed by atoms with Crippen LogP contribution in [0.4, 0.5) is 11.4 Å². The summed E-state index contributed by atoms with van der Waals surface area (Å²) in [5, 5.41) is 2.74. The first-order valence-electron chi connectivity index (χ1n) is 9.42. The van der Waals surface area contributed by atoms with Crippen LogP contribution in [0.2, 0.25) is 0 Å². The fourth-order valence-electron chi connectivity index (χ4n) is 2.75. The summed E-state index contributed by atoms with van der Waals surface area (Å²) in [5.41, 5.74) is 4.14. The number of aryl methyl sites for hydroxylation is 3. The smallest absolute Gasteiger partial charge is 0.262 e. The summed E-state index contributed by atoms with van der Waals surface area (Å²) >= 11 is 0. The average Bonchev–Trinajstić information content (AvgIpc) is 2.71. The van der Waals surface area contributed by atoms with Gasteiger partial charge in [-0.15, -0.1) is 0 Å². The monoisotopic (exact) mass is 424 g/mol. The molecule has 0 unspecified atom stereocenters. The van der Waals surface area contributed by atoms with Crippen LogP contribution in [0.25, 0.3) is 0 Å². The zero-order valence-electron chi connectivity index (χ0n) is 17.1. The molecular formula is C23H24N2O4S. The number of sulfonamides is 1. The number of nitrogens with one attached hydrogen (secondary N) is 2. The molecule has 1 amide bonds. The van der Waals surface area contributed by atoms with Gasteiger partial charge in [-0.3, -0.25) is 9.52 Å². The summed E-state index contributed by atoms with van der Waals surface area (Å²) < 4.78 is 33.4. The molecule has 0 bridgehead atoms. The van der Waals surface area contributed by atoms with E-state index in [0.29, 0.717) is 17.1 Å². The van der Waals surface area contributed by atoms with Crippen LogP contribution >= 0.6 is 0 Å². The van der Waals surface area contributed by atoms with Crippen molar-refractivity contribution in [2.24, 2.45) is 0 Å². The Morgan fingerprint density at radius 2 is 1.50 bits per heavy atom. The van der Waals surface area contributed by atoms with E-state index in [1.807, 2.05) is 57.2 Å². The van der Waals surface area contributed by atoms with E-state index in [2.05, 4.69) is 10.0 Å².